The van der Waals surface area contributed by atoms with Gasteiger partial charge in [-0.05, 0) is 18.8 Å². The highest BCUT2D eigenvalue weighted by molar-refractivity contribution is 5.51. The van der Waals surface area contributed by atoms with Gasteiger partial charge in [0, 0.05) is 6.42 Å². The zero-order valence-corrected chi connectivity index (χ0v) is 5.63. The van der Waals surface area contributed by atoms with Gasteiger partial charge in [-0.25, -0.2) is 0 Å². The number of rotatable bonds is 2. The molecule has 0 atom stereocenters. The van der Waals surface area contributed by atoms with Gasteiger partial charge in [0.15, 0.2) is 0 Å². The van der Waals surface area contributed by atoms with Gasteiger partial charge in [0.05, 0.1) is 5.60 Å². The van der Waals surface area contributed by atoms with E-state index in [2.05, 4.69) is 6.92 Å². The first kappa shape index (κ1) is 6.75. The van der Waals surface area contributed by atoms with E-state index in [0.717, 1.165) is 19.1 Å². The first-order valence-electron chi connectivity index (χ1n) is 3.32. The Labute approximate surface area is 54.9 Å². The molecule has 2 nitrogen and oxygen atoms in total. The van der Waals surface area contributed by atoms with Crippen LogP contribution in [-0.4, -0.2) is 17.0 Å². The third-order valence-electron chi connectivity index (χ3n) is 1.92. The lowest BCUT2D eigenvalue weighted by atomic mass is 9.70. The highest BCUT2D eigenvalue weighted by Crippen LogP contribution is 2.38. The van der Waals surface area contributed by atoms with Gasteiger partial charge in [0.2, 0.25) is 0 Å². The second-order valence-corrected chi connectivity index (χ2v) is 3.11. The molecule has 0 aromatic heterocycles. The summed E-state index contributed by atoms with van der Waals surface area (Å²) in [5.41, 5.74) is -0.624. The molecule has 1 N–H and O–H groups in total. The summed E-state index contributed by atoms with van der Waals surface area (Å²) < 4.78 is 0. The Balaban J connectivity index is 2.31. The molecular formula is C7H12O2. The van der Waals surface area contributed by atoms with E-state index in [9.17, 15) is 9.90 Å². The monoisotopic (exact) mass is 128 g/mol. The van der Waals surface area contributed by atoms with Crippen LogP contribution in [0.3, 0.4) is 0 Å². The number of aliphatic hydroxyl groups is 1. The average molecular weight is 128 g/mol. The molecule has 0 radical (unpaired) electrons. The lowest BCUT2D eigenvalue weighted by molar-refractivity contribution is -0.120. The molecule has 0 amide bonds. The van der Waals surface area contributed by atoms with E-state index in [0.29, 0.717) is 12.3 Å². The molecule has 52 valence electrons. The van der Waals surface area contributed by atoms with Crippen LogP contribution in [0.25, 0.3) is 0 Å². The van der Waals surface area contributed by atoms with Crippen LogP contribution >= 0.6 is 0 Å². The largest absolute Gasteiger partial charge is 0.389 e. The molecule has 0 spiro atoms. The Bertz CT molecular complexity index is 114. The minimum absolute atomic E-state index is 0.317. The fourth-order valence-electron chi connectivity index (χ4n) is 1.56. The van der Waals surface area contributed by atoms with Crippen molar-refractivity contribution in [1.82, 2.24) is 0 Å². The van der Waals surface area contributed by atoms with Crippen molar-refractivity contribution in [3.8, 4) is 0 Å². The van der Waals surface area contributed by atoms with Crippen LogP contribution in [-0.2, 0) is 4.79 Å². The smallest absolute Gasteiger partial charge is 0.122 e. The molecule has 0 aromatic rings. The van der Waals surface area contributed by atoms with Gasteiger partial charge in [0.25, 0.3) is 0 Å². The normalized spacial score (nSPS) is 41.8. The Morgan fingerprint density at radius 2 is 2.33 bits per heavy atom. The summed E-state index contributed by atoms with van der Waals surface area (Å²) in [4.78, 5) is 9.96. The predicted octanol–water partition coefficient (Wildman–Crippen LogP) is 0.736. The van der Waals surface area contributed by atoms with E-state index in [-0.39, 0.29) is 0 Å². The number of aldehydes is 1. The molecule has 1 aliphatic rings. The fourth-order valence-corrected chi connectivity index (χ4v) is 1.56. The van der Waals surface area contributed by atoms with Gasteiger partial charge >= 0.3 is 0 Å². The van der Waals surface area contributed by atoms with Crippen molar-refractivity contribution in [3.63, 3.8) is 0 Å². The molecule has 2 heteroatoms. The Morgan fingerprint density at radius 1 is 1.78 bits per heavy atom. The molecule has 1 fully saturated rings. The van der Waals surface area contributed by atoms with Crippen molar-refractivity contribution >= 4 is 6.29 Å². The minimum atomic E-state index is -0.624. The van der Waals surface area contributed by atoms with E-state index >= 15 is 0 Å². The van der Waals surface area contributed by atoms with Crippen LogP contribution in [0.5, 0.6) is 0 Å². The van der Waals surface area contributed by atoms with E-state index in [1.54, 1.807) is 0 Å². The Morgan fingerprint density at radius 3 is 2.67 bits per heavy atom. The third-order valence-corrected chi connectivity index (χ3v) is 1.92. The summed E-state index contributed by atoms with van der Waals surface area (Å²) in [6, 6.07) is 0. The Kier molecular flexibility index (Phi) is 1.58. The topological polar surface area (TPSA) is 37.3 Å². The number of hydrogen-bond acceptors (Lipinski definition) is 2. The van der Waals surface area contributed by atoms with Gasteiger partial charge in [-0.3, -0.25) is 0 Å². The van der Waals surface area contributed by atoms with Crippen LogP contribution in [0.1, 0.15) is 26.2 Å². The second-order valence-electron chi connectivity index (χ2n) is 3.11. The number of carbonyl (C=O) groups excluding carboxylic acids is 1. The van der Waals surface area contributed by atoms with Gasteiger partial charge < -0.3 is 9.90 Å². The molecule has 0 bridgehead atoms. The van der Waals surface area contributed by atoms with E-state index in [4.69, 9.17) is 0 Å². The maximum atomic E-state index is 9.96. The molecule has 1 aliphatic carbocycles. The van der Waals surface area contributed by atoms with Crippen LogP contribution in [0.15, 0.2) is 0 Å². The summed E-state index contributed by atoms with van der Waals surface area (Å²) >= 11 is 0. The summed E-state index contributed by atoms with van der Waals surface area (Å²) in [7, 11) is 0. The fraction of sp³-hybridized carbons (Fsp3) is 0.857. The molecule has 0 unspecified atom stereocenters. The van der Waals surface area contributed by atoms with Crippen molar-refractivity contribution in [2.75, 3.05) is 0 Å². The quantitative estimate of drug-likeness (QED) is 0.557. The van der Waals surface area contributed by atoms with Gasteiger partial charge in [-0.2, -0.15) is 0 Å². The van der Waals surface area contributed by atoms with Crippen molar-refractivity contribution in [1.29, 1.82) is 0 Å². The molecule has 1 rings (SSSR count). The van der Waals surface area contributed by atoms with E-state index < -0.39 is 5.60 Å². The standard InChI is InChI=1S/C7H12O2/c1-6-4-7(9,5-6)2-3-8/h3,6,9H,2,4-5H2,1H3. The molecule has 0 saturated heterocycles. The van der Waals surface area contributed by atoms with Crippen LogP contribution in [0.4, 0.5) is 0 Å². The van der Waals surface area contributed by atoms with Crippen LogP contribution < -0.4 is 0 Å². The van der Waals surface area contributed by atoms with Crippen molar-refractivity contribution in [2.24, 2.45) is 5.92 Å². The zero-order chi connectivity index (χ0) is 6.91. The Hall–Kier alpha value is -0.370. The number of hydrogen-bond donors (Lipinski definition) is 1. The predicted molar refractivity (Wildman–Crippen MR) is 34.0 cm³/mol. The van der Waals surface area contributed by atoms with Crippen LogP contribution in [0, 0.1) is 5.92 Å². The summed E-state index contributed by atoms with van der Waals surface area (Å²) in [6.07, 6.45) is 2.71. The minimum Gasteiger partial charge on any atom is -0.389 e. The van der Waals surface area contributed by atoms with Crippen molar-refractivity contribution < 1.29 is 9.90 Å². The van der Waals surface area contributed by atoms with E-state index in [1.807, 2.05) is 0 Å². The van der Waals surface area contributed by atoms with Crippen LogP contribution in [0.2, 0.25) is 0 Å². The molecule has 0 heterocycles. The molecule has 0 aromatic carbocycles. The molecule has 0 aliphatic heterocycles. The SMILES string of the molecule is CC1CC(O)(CC=O)C1. The lowest BCUT2D eigenvalue weighted by Gasteiger charge is -2.40. The highest BCUT2D eigenvalue weighted by atomic mass is 16.3. The van der Waals surface area contributed by atoms with Gasteiger partial charge in [-0.15, -0.1) is 0 Å². The zero-order valence-electron chi connectivity index (χ0n) is 5.63. The summed E-state index contributed by atoms with van der Waals surface area (Å²) in [6.45, 7) is 2.08. The maximum absolute atomic E-state index is 9.96. The lowest BCUT2D eigenvalue weighted by Crippen LogP contribution is -2.42. The summed E-state index contributed by atoms with van der Waals surface area (Å²) in [5, 5.41) is 9.35. The second kappa shape index (κ2) is 2.10. The van der Waals surface area contributed by atoms with Gasteiger partial charge in [0.1, 0.15) is 6.29 Å². The first-order chi connectivity index (χ1) is 4.16. The molecule has 1 saturated carbocycles. The number of carbonyl (C=O) groups is 1. The molecular weight excluding hydrogens is 116 g/mol. The first-order valence-corrected chi connectivity index (χ1v) is 3.32. The average Bonchev–Trinajstić information content (AvgIpc) is 1.62. The maximum Gasteiger partial charge on any atom is 0.122 e. The van der Waals surface area contributed by atoms with Gasteiger partial charge in [-0.1, -0.05) is 6.92 Å². The third kappa shape index (κ3) is 1.30. The molecule has 9 heavy (non-hydrogen) atoms. The van der Waals surface area contributed by atoms with Crippen molar-refractivity contribution in [2.45, 2.75) is 31.8 Å². The van der Waals surface area contributed by atoms with E-state index in [1.165, 1.54) is 0 Å². The highest BCUT2D eigenvalue weighted by Gasteiger charge is 2.39. The summed E-state index contributed by atoms with van der Waals surface area (Å²) in [5.74, 6) is 0.606. The van der Waals surface area contributed by atoms with Crippen molar-refractivity contribution in [3.05, 3.63) is 0 Å².